The normalized spacial score (nSPS) is 11.3. The molecule has 0 unspecified atom stereocenters. The average molecular weight is 450 g/mol. The molecule has 30 heavy (non-hydrogen) atoms. The summed E-state index contributed by atoms with van der Waals surface area (Å²) in [7, 11) is -6.67. The minimum atomic E-state index is -3.61. The van der Waals surface area contributed by atoms with Crippen molar-refractivity contribution in [2.24, 2.45) is 0 Å². The Hall–Kier alpha value is -3.04. The zero-order chi connectivity index (χ0) is 22.4. The van der Waals surface area contributed by atoms with E-state index in [2.05, 4.69) is 4.72 Å². The van der Waals surface area contributed by atoms with Crippen LogP contribution in [0, 0.1) is 6.92 Å². The first-order valence-corrected chi connectivity index (χ1v) is 12.3. The summed E-state index contributed by atoms with van der Waals surface area (Å²) in [6, 6.07) is 18.9. The van der Waals surface area contributed by atoms with Crippen LogP contribution in [0.2, 0.25) is 0 Å². The van der Waals surface area contributed by atoms with E-state index in [0.29, 0.717) is 11.3 Å². The van der Waals surface area contributed by atoms with Crippen LogP contribution in [-0.2, 0) is 25.6 Å². The molecule has 3 aromatic rings. The number of anilines is 1. The van der Waals surface area contributed by atoms with Gasteiger partial charge in [-0.3, -0.25) is 4.72 Å². The van der Waals surface area contributed by atoms with E-state index in [1.165, 1.54) is 18.2 Å². The van der Waals surface area contributed by atoms with Crippen LogP contribution in [0.25, 0.3) is 0 Å². The fourth-order valence-electron chi connectivity index (χ4n) is 2.42. The molecule has 3 rings (SSSR count). The Morgan fingerprint density at radius 3 is 2.03 bits per heavy atom. The van der Waals surface area contributed by atoms with Crippen molar-refractivity contribution in [3.8, 4) is 11.5 Å². The highest BCUT2D eigenvalue weighted by atomic mass is 32.2. The summed E-state index contributed by atoms with van der Waals surface area (Å²) in [5.41, 5.74) is 1.77. The molecule has 0 bridgehead atoms. The van der Waals surface area contributed by atoms with Crippen molar-refractivity contribution in [3.63, 3.8) is 0 Å². The Kier molecular flexibility index (Phi) is 7.47. The second kappa shape index (κ2) is 9.64. The molecule has 0 radical (unpaired) electrons. The third-order valence-electron chi connectivity index (χ3n) is 3.84. The van der Waals surface area contributed by atoms with Crippen molar-refractivity contribution in [1.82, 2.24) is 0 Å². The maximum atomic E-state index is 12.0. The Bertz CT molecular complexity index is 1200. The zero-order valence-electron chi connectivity index (χ0n) is 16.5. The minimum absolute atomic E-state index is 0.0131. The van der Waals surface area contributed by atoms with Gasteiger partial charge >= 0.3 is 0 Å². The molecular formula is C21H23NO6S2. The SMILES string of the molecule is CS(=O)(=O)Cc1ccccc1O.Cc1ccc(S(=O)(=O)Nc2cccc(O)c2)cc1. The number of benzene rings is 3. The Morgan fingerprint density at radius 2 is 1.47 bits per heavy atom. The Balaban J connectivity index is 0.000000232. The van der Waals surface area contributed by atoms with Gasteiger partial charge in [0.15, 0.2) is 9.84 Å². The van der Waals surface area contributed by atoms with Crippen LogP contribution < -0.4 is 4.72 Å². The number of rotatable bonds is 5. The number of hydrogen-bond donors (Lipinski definition) is 3. The minimum Gasteiger partial charge on any atom is -0.508 e. The molecule has 0 fully saturated rings. The first-order valence-electron chi connectivity index (χ1n) is 8.79. The van der Waals surface area contributed by atoms with Gasteiger partial charge in [-0.25, -0.2) is 16.8 Å². The number of phenols is 2. The molecule has 0 aliphatic rings. The molecule has 0 saturated heterocycles. The number of aryl methyl sites for hydroxylation is 1. The highest BCUT2D eigenvalue weighted by molar-refractivity contribution is 7.92. The van der Waals surface area contributed by atoms with Gasteiger partial charge in [-0.15, -0.1) is 0 Å². The zero-order valence-corrected chi connectivity index (χ0v) is 18.1. The Labute approximate surface area is 176 Å². The number of phenolic OH excluding ortho intramolecular Hbond substituents is 2. The number of sulfone groups is 1. The van der Waals surface area contributed by atoms with Crippen molar-refractivity contribution in [2.75, 3.05) is 11.0 Å². The molecule has 3 N–H and O–H groups in total. The van der Waals surface area contributed by atoms with Crippen LogP contribution in [0.5, 0.6) is 11.5 Å². The Morgan fingerprint density at radius 1 is 0.833 bits per heavy atom. The van der Waals surface area contributed by atoms with Crippen molar-refractivity contribution in [3.05, 3.63) is 83.9 Å². The second-order valence-electron chi connectivity index (χ2n) is 6.67. The third kappa shape index (κ3) is 7.41. The molecule has 0 aromatic heterocycles. The van der Waals surface area contributed by atoms with E-state index in [-0.39, 0.29) is 22.1 Å². The van der Waals surface area contributed by atoms with Crippen LogP contribution >= 0.6 is 0 Å². The van der Waals surface area contributed by atoms with E-state index >= 15 is 0 Å². The fraction of sp³-hybridized carbons (Fsp3) is 0.143. The molecule has 0 aliphatic carbocycles. The largest absolute Gasteiger partial charge is 0.508 e. The molecule has 0 atom stereocenters. The third-order valence-corrected chi connectivity index (χ3v) is 6.07. The molecule has 0 aliphatic heterocycles. The van der Waals surface area contributed by atoms with Crippen molar-refractivity contribution < 1.29 is 27.0 Å². The van der Waals surface area contributed by atoms with E-state index in [1.54, 1.807) is 54.6 Å². The number of nitrogens with one attached hydrogen (secondary N) is 1. The second-order valence-corrected chi connectivity index (χ2v) is 10.5. The molecule has 0 heterocycles. The van der Waals surface area contributed by atoms with Crippen LogP contribution in [-0.4, -0.2) is 33.3 Å². The van der Waals surface area contributed by atoms with Gasteiger partial charge in [0, 0.05) is 17.9 Å². The first kappa shape index (κ1) is 23.2. The van der Waals surface area contributed by atoms with Gasteiger partial charge in [0.05, 0.1) is 16.3 Å². The van der Waals surface area contributed by atoms with Crippen LogP contribution in [0.4, 0.5) is 5.69 Å². The lowest BCUT2D eigenvalue weighted by Crippen LogP contribution is -2.12. The quantitative estimate of drug-likeness (QED) is 0.549. The van der Waals surface area contributed by atoms with Gasteiger partial charge in [-0.05, 0) is 37.3 Å². The lowest BCUT2D eigenvalue weighted by molar-refractivity contribution is 0.470. The van der Waals surface area contributed by atoms with E-state index in [1.807, 2.05) is 6.92 Å². The van der Waals surface area contributed by atoms with Crippen LogP contribution in [0.1, 0.15) is 11.1 Å². The summed E-state index contributed by atoms with van der Waals surface area (Å²) in [5, 5.41) is 18.5. The summed E-state index contributed by atoms with van der Waals surface area (Å²) in [4.78, 5) is 0.191. The predicted molar refractivity (Wildman–Crippen MR) is 117 cm³/mol. The lowest BCUT2D eigenvalue weighted by Gasteiger charge is -2.08. The van der Waals surface area contributed by atoms with E-state index < -0.39 is 19.9 Å². The lowest BCUT2D eigenvalue weighted by atomic mass is 10.2. The highest BCUT2D eigenvalue weighted by Crippen LogP contribution is 2.20. The molecule has 0 spiro atoms. The first-order chi connectivity index (χ1) is 14.0. The van der Waals surface area contributed by atoms with Crippen LogP contribution in [0.15, 0.2) is 77.7 Å². The van der Waals surface area contributed by atoms with E-state index in [0.717, 1.165) is 11.8 Å². The van der Waals surface area contributed by atoms with Gasteiger partial charge in [-0.2, -0.15) is 0 Å². The molecular weight excluding hydrogens is 426 g/mol. The smallest absolute Gasteiger partial charge is 0.261 e. The highest BCUT2D eigenvalue weighted by Gasteiger charge is 2.13. The molecule has 7 nitrogen and oxygen atoms in total. The predicted octanol–water partition coefficient (Wildman–Crippen LogP) is 3.44. The fourth-order valence-corrected chi connectivity index (χ4v) is 4.27. The van der Waals surface area contributed by atoms with Crippen LogP contribution in [0.3, 0.4) is 0 Å². The molecule has 0 saturated carbocycles. The molecule has 160 valence electrons. The monoisotopic (exact) mass is 449 g/mol. The summed E-state index contributed by atoms with van der Waals surface area (Å²) in [6.07, 6.45) is 1.14. The van der Waals surface area contributed by atoms with Gasteiger partial charge in [0.1, 0.15) is 11.5 Å². The molecule has 9 heteroatoms. The number of sulfonamides is 1. The number of aromatic hydroxyl groups is 2. The van der Waals surface area contributed by atoms with Gasteiger partial charge in [-0.1, -0.05) is 42.0 Å². The molecule has 3 aromatic carbocycles. The number of para-hydroxylation sites is 1. The van der Waals surface area contributed by atoms with Gasteiger partial charge in [0.25, 0.3) is 10.0 Å². The van der Waals surface area contributed by atoms with Crippen molar-refractivity contribution in [2.45, 2.75) is 17.6 Å². The summed E-state index contributed by atoms with van der Waals surface area (Å²) >= 11 is 0. The standard InChI is InChI=1S/C13H13NO3S.C8H10O3S/c1-10-5-7-13(8-6-10)18(16,17)14-11-3-2-4-12(15)9-11;1-12(10,11)6-7-4-2-3-5-8(7)9/h2-9,14-15H,1H3;2-5,9H,6H2,1H3. The summed E-state index contributed by atoms with van der Waals surface area (Å²) < 4.78 is 48.2. The van der Waals surface area contributed by atoms with Crippen molar-refractivity contribution >= 4 is 25.5 Å². The molecule has 0 amide bonds. The topological polar surface area (TPSA) is 121 Å². The number of hydrogen-bond acceptors (Lipinski definition) is 6. The maximum absolute atomic E-state index is 12.0. The van der Waals surface area contributed by atoms with Crippen molar-refractivity contribution in [1.29, 1.82) is 0 Å². The van der Waals surface area contributed by atoms with Gasteiger partial charge in [0.2, 0.25) is 0 Å². The van der Waals surface area contributed by atoms with E-state index in [4.69, 9.17) is 0 Å². The summed E-state index contributed by atoms with van der Waals surface area (Å²) in [5.74, 6) is -0.0679. The van der Waals surface area contributed by atoms with E-state index in [9.17, 15) is 27.0 Å². The van der Waals surface area contributed by atoms with Gasteiger partial charge < -0.3 is 10.2 Å². The summed E-state index contributed by atoms with van der Waals surface area (Å²) in [6.45, 7) is 1.89. The maximum Gasteiger partial charge on any atom is 0.261 e. The average Bonchev–Trinajstić information content (AvgIpc) is 2.63.